The third-order valence-corrected chi connectivity index (χ3v) is 7.03. The van der Waals surface area contributed by atoms with E-state index in [1.807, 2.05) is 12.1 Å². The van der Waals surface area contributed by atoms with Crippen LogP contribution in [0.3, 0.4) is 0 Å². The Morgan fingerprint density at radius 3 is 2.47 bits per heavy atom. The van der Waals surface area contributed by atoms with Crippen LogP contribution in [0.1, 0.15) is 67.3 Å². The van der Waals surface area contributed by atoms with Crippen LogP contribution < -0.4 is 5.32 Å². The van der Waals surface area contributed by atoms with Crippen LogP contribution in [0.5, 0.6) is 0 Å². The zero-order valence-corrected chi connectivity index (χ0v) is 18.8. The summed E-state index contributed by atoms with van der Waals surface area (Å²) in [5.74, 6) is 0.351. The fraction of sp³-hybridized carbons (Fsp3) is 0.500. The van der Waals surface area contributed by atoms with E-state index in [0.29, 0.717) is 0 Å². The molecule has 0 bridgehead atoms. The molecular weight excluding hydrogens is 392 g/mol. The average molecular weight is 425 g/mol. The molecular formula is C26H33ClN2O. The molecule has 1 N–H and O–H groups in total. The number of carbonyl (C=O) groups is 1. The summed E-state index contributed by atoms with van der Waals surface area (Å²) >= 11 is 5.98. The van der Waals surface area contributed by atoms with Gasteiger partial charge in [0.1, 0.15) is 0 Å². The number of hydrogen-bond donors (Lipinski definition) is 1. The molecule has 1 fully saturated rings. The van der Waals surface area contributed by atoms with Gasteiger partial charge >= 0.3 is 0 Å². The van der Waals surface area contributed by atoms with Crippen LogP contribution in [0.25, 0.3) is 0 Å². The summed E-state index contributed by atoms with van der Waals surface area (Å²) in [7, 11) is 0. The Morgan fingerprint density at radius 2 is 1.77 bits per heavy atom. The lowest BCUT2D eigenvalue weighted by Crippen LogP contribution is -2.41. The number of benzene rings is 2. The topological polar surface area (TPSA) is 32.3 Å². The molecule has 2 aromatic rings. The molecule has 1 aliphatic heterocycles. The van der Waals surface area contributed by atoms with Crippen molar-refractivity contribution in [3.63, 3.8) is 0 Å². The van der Waals surface area contributed by atoms with E-state index < -0.39 is 0 Å². The Hall–Kier alpha value is -1.84. The quantitative estimate of drug-likeness (QED) is 0.645. The molecule has 2 aliphatic rings. The van der Waals surface area contributed by atoms with Crippen molar-refractivity contribution >= 4 is 17.5 Å². The van der Waals surface area contributed by atoms with Gasteiger partial charge in [-0.3, -0.25) is 9.69 Å². The Morgan fingerprint density at radius 1 is 1.07 bits per heavy atom. The summed E-state index contributed by atoms with van der Waals surface area (Å²) in [6.07, 6.45) is 7.76. The van der Waals surface area contributed by atoms with Crippen molar-refractivity contribution in [2.24, 2.45) is 5.92 Å². The standard InChI is InChI=1S/C26H33ClN2O/c1-2-25(23-10-9-20-5-3-4-6-22(20)17-23)28-26(30)21-13-15-29(16-14-21)18-19-7-11-24(27)12-8-19/h7-12,17,21,25H,2-6,13-16,18H2,1H3,(H,28,30)/t25-/m0/s1. The van der Waals surface area contributed by atoms with Gasteiger partial charge in [0.15, 0.2) is 0 Å². The minimum atomic E-state index is 0.122. The molecule has 1 amide bonds. The number of rotatable bonds is 6. The summed E-state index contributed by atoms with van der Waals surface area (Å²) in [6.45, 7) is 5.03. The zero-order chi connectivity index (χ0) is 20.9. The number of halogens is 1. The Bertz CT molecular complexity index is 856. The lowest BCUT2D eigenvalue weighted by molar-refractivity contribution is -0.127. The highest BCUT2D eigenvalue weighted by atomic mass is 35.5. The number of hydrogen-bond acceptors (Lipinski definition) is 2. The van der Waals surface area contributed by atoms with Crippen molar-refractivity contribution in [2.45, 2.75) is 64.5 Å². The van der Waals surface area contributed by atoms with Gasteiger partial charge in [0.05, 0.1) is 6.04 Å². The maximum atomic E-state index is 13.0. The maximum Gasteiger partial charge on any atom is 0.223 e. The van der Waals surface area contributed by atoms with Crippen molar-refractivity contribution in [3.05, 3.63) is 69.7 Å². The number of aryl methyl sites for hydroxylation is 2. The number of carbonyl (C=O) groups excluding carboxylic acids is 1. The second-order valence-corrected chi connectivity index (χ2v) is 9.32. The van der Waals surface area contributed by atoms with Gasteiger partial charge in [0, 0.05) is 17.5 Å². The van der Waals surface area contributed by atoms with Gasteiger partial charge in [0.2, 0.25) is 5.91 Å². The molecule has 1 aliphatic carbocycles. The molecule has 160 valence electrons. The van der Waals surface area contributed by atoms with Gasteiger partial charge in [-0.05, 0) is 92.4 Å². The van der Waals surface area contributed by atoms with E-state index >= 15 is 0 Å². The van der Waals surface area contributed by atoms with E-state index in [9.17, 15) is 4.79 Å². The van der Waals surface area contributed by atoms with E-state index in [2.05, 4.69) is 47.5 Å². The van der Waals surface area contributed by atoms with Gasteiger partial charge in [-0.1, -0.05) is 48.9 Å². The number of fused-ring (bicyclic) bond motifs is 1. The molecule has 1 heterocycles. The van der Waals surface area contributed by atoms with Crippen LogP contribution in [0.15, 0.2) is 42.5 Å². The molecule has 0 saturated carbocycles. The second-order valence-electron chi connectivity index (χ2n) is 8.88. The van der Waals surface area contributed by atoms with Gasteiger partial charge in [-0.15, -0.1) is 0 Å². The van der Waals surface area contributed by atoms with Crippen LogP contribution in [-0.2, 0) is 24.2 Å². The first kappa shape index (κ1) is 21.4. The Labute approximate surface area is 185 Å². The van der Waals surface area contributed by atoms with Crippen molar-refractivity contribution in [1.29, 1.82) is 0 Å². The Kier molecular flexibility index (Phi) is 7.12. The van der Waals surface area contributed by atoms with Gasteiger partial charge in [-0.2, -0.15) is 0 Å². The number of nitrogens with zero attached hydrogens (tertiary/aromatic N) is 1. The maximum absolute atomic E-state index is 13.0. The largest absolute Gasteiger partial charge is 0.349 e. The molecule has 2 aromatic carbocycles. The predicted molar refractivity (Wildman–Crippen MR) is 124 cm³/mol. The first-order valence-electron chi connectivity index (χ1n) is 11.5. The third kappa shape index (κ3) is 5.25. The van der Waals surface area contributed by atoms with E-state index in [0.717, 1.165) is 43.9 Å². The smallest absolute Gasteiger partial charge is 0.223 e. The van der Waals surface area contributed by atoms with Crippen LogP contribution >= 0.6 is 11.6 Å². The highest BCUT2D eigenvalue weighted by Crippen LogP contribution is 2.27. The van der Waals surface area contributed by atoms with Crippen molar-refractivity contribution < 1.29 is 4.79 Å². The molecule has 0 unspecified atom stereocenters. The minimum absolute atomic E-state index is 0.122. The summed E-state index contributed by atoms with van der Waals surface area (Å²) in [6, 6.07) is 15.1. The first-order valence-corrected chi connectivity index (χ1v) is 11.9. The molecule has 30 heavy (non-hydrogen) atoms. The highest BCUT2D eigenvalue weighted by Gasteiger charge is 2.27. The second kappa shape index (κ2) is 9.98. The fourth-order valence-electron chi connectivity index (χ4n) is 4.88. The van der Waals surface area contributed by atoms with Gasteiger partial charge in [0.25, 0.3) is 0 Å². The SMILES string of the molecule is CC[C@H](NC(=O)C1CCN(Cc2ccc(Cl)cc2)CC1)c1ccc2c(c1)CCCC2. The Balaban J connectivity index is 1.30. The number of piperidine rings is 1. The van der Waals surface area contributed by atoms with Crippen molar-refractivity contribution in [2.75, 3.05) is 13.1 Å². The molecule has 1 atom stereocenters. The van der Waals surface area contributed by atoms with Gasteiger partial charge in [-0.25, -0.2) is 0 Å². The van der Waals surface area contributed by atoms with Crippen LogP contribution in [0, 0.1) is 5.92 Å². The van der Waals surface area contributed by atoms with E-state index in [1.54, 1.807) is 0 Å². The molecule has 3 nitrogen and oxygen atoms in total. The van der Waals surface area contributed by atoms with Crippen molar-refractivity contribution in [1.82, 2.24) is 10.2 Å². The molecule has 0 radical (unpaired) electrons. The third-order valence-electron chi connectivity index (χ3n) is 6.78. The summed E-state index contributed by atoms with van der Waals surface area (Å²) in [4.78, 5) is 15.4. The summed E-state index contributed by atoms with van der Waals surface area (Å²) < 4.78 is 0. The molecule has 4 rings (SSSR count). The number of amides is 1. The monoisotopic (exact) mass is 424 g/mol. The van der Waals surface area contributed by atoms with Gasteiger partial charge < -0.3 is 5.32 Å². The van der Waals surface area contributed by atoms with E-state index in [1.165, 1.54) is 47.9 Å². The summed E-state index contributed by atoms with van der Waals surface area (Å²) in [5, 5.41) is 4.13. The minimum Gasteiger partial charge on any atom is -0.349 e. The zero-order valence-electron chi connectivity index (χ0n) is 18.0. The van der Waals surface area contributed by atoms with Crippen LogP contribution in [-0.4, -0.2) is 23.9 Å². The molecule has 1 saturated heterocycles. The molecule has 0 aromatic heterocycles. The highest BCUT2D eigenvalue weighted by molar-refractivity contribution is 6.30. The first-order chi connectivity index (χ1) is 14.6. The van der Waals surface area contributed by atoms with E-state index in [-0.39, 0.29) is 17.9 Å². The van der Waals surface area contributed by atoms with Crippen molar-refractivity contribution in [3.8, 4) is 0 Å². The summed E-state index contributed by atoms with van der Waals surface area (Å²) in [5.41, 5.74) is 5.54. The predicted octanol–water partition coefficient (Wildman–Crippen LogP) is 5.70. The molecule has 4 heteroatoms. The van der Waals surface area contributed by atoms with E-state index in [4.69, 9.17) is 11.6 Å². The fourth-order valence-corrected chi connectivity index (χ4v) is 5.01. The average Bonchev–Trinajstić information content (AvgIpc) is 2.79. The number of likely N-dealkylation sites (tertiary alicyclic amines) is 1. The molecule has 0 spiro atoms. The lowest BCUT2D eigenvalue weighted by Gasteiger charge is -2.32. The van der Waals surface area contributed by atoms with Crippen LogP contribution in [0.4, 0.5) is 0 Å². The number of nitrogens with one attached hydrogen (secondary N) is 1. The van der Waals surface area contributed by atoms with Crippen LogP contribution in [0.2, 0.25) is 5.02 Å². The normalized spacial score (nSPS) is 18.6. The lowest BCUT2D eigenvalue weighted by atomic mass is 9.88.